The number of nitro groups is 1. The smallest absolute Gasteiger partial charge is 0.312 e. The lowest BCUT2D eigenvalue weighted by Gasteiger charge is -2.14. The number of aryl methyl sites for hydroxylation is 1. The van der Waals surface area contributed by atoms with Gasteiger partial charge in [0.25, 0.3) is 0 Å². The highest BCUT2D eigenvalue weighted by Crippen LogP contribution is 2.24. The number of carbonyl (C=O) groups is 1. The third kappa shape index (κ3) is 4.25. The second kappa shape index (κ2) is 7.72. The second-order valence-electron chi connectivity index (χ2n) is 4.74. The molecular formula is C13H22N4O4. The number of rotatable bonds is 8. The molecule has 0 aromatic carbocycles. The van der Waals surface area contributed by atoms with E-state index in [0.29, 0.717) is 31.1 Å². The van der Waals surface area contributed by atoms with E-state index >= 15 is 0 Å². The second-order valence-corrected chi connectivity index (χ2v) is 4.74. The normalized spacial score (nSPS) is 12.2. The van der Waals surface area contributed by atoms with Crippen molar-refractivity contribution in [2.75, 3.05) is 19.8 Å². The van der Waals surface area contributed by atoms with Crippen LogP contribution in [0.4, 0.5) is 5.69 Å². The van der Waals surface area contributed by atoms with E-state index in [-0.39, 0.29) is 11.6 Å². The number of nitrogens with zero attached hydrogens (tertiary/aromatic N) is 3. The summed E-state index contributed by atoms with van der Waals surface area (Å²) in [6, 6.07) is -0.593. The number of hydrogen-bond acceptors (Lipinski definition) is 5. The SMILES string of the molecule is CCOCCCNC(=O)C(C)n1nc(C)c([N+](=O)[O-])c1C. The Balaban J connectivity index is 2.66. The minimum atomic E-state index is -0.593. The molecule has 1 unspecified atom stereocenters. The average Bonchev–Trinajstić information content (AvgIpc) is 2.72. The molecule has 0 bridgehead atoms. The topological polar surface area (TPSA) is 99.3 Å². The molecule has 0 saturated heterocycles. The molecule has 8 heteroatoms. The Bertz CT molecular complexity index is 513. The molecule has 0 aliphatic rings. The van der Waals surface area contributed by atoms with Gasteiger partial charge in [0.05, 0.1) is 4.92 Å². The Hall–Kier alpha value is -1.96. The molecule has 0 fully saturated rings. The van der Waals surface area contributed by atoms with Gasteiger partial charge in [-0.1, -0.05) is 0 Å². The van der Waals surface area contributed by atoms with Crippen LogP contribution >= 0.6 is 0 Å². The number of amides is 1. The Morgan fingerprint density at radius 3 is 2.71 bits per heavy atom. The standard InChI is InChI=1S/C13H22N4O4/c1-5-21-8-6-7-14-13(18)11(4)16-10(3)12(17(19)20)9(2)15-16/h11H,5-8H2,1-4H3,(H,14,18). The number of hydrogen-bond donors (Lipinski definition) is 1. The van der Waals surface area contributed by atoms with Crippen molar-refractivity contribution in [1.29, 1.82) is 0 Å². The first-order chi connectivity index (χ1) is 9.90. The Labute approximate surface area is 123 Å². The number of nitrogens with one attached hydrogen (secondary N) is 1. The summed E-state index contributed by atoms with van der Waals surface area (Å²) in [5.41, 5.74) is 0.661. The first-order valence-corrected chi connectivity index (χ1v) is 6.95. The molecule has 0 aliphatic carbocycles. The maximum Gasteiger partial charge on any atom is 0.312 e. The summed E-state index contributed by atoms with van der Waals surface area (Å²) in [6.07, 6.45) is 0.726. The highest BCUT2D eigenvalue weighted by atomic mass is 16.6. The summed E-state index contributed by atoms with van der Waals surface area (Å²) in [6.45, 7) is 8.49. The molecule has 21 heavy (non-hydrogen) atoms. The van der Waals surface area contributed by atoms with Crippen molar-refractivity contribution in [2.24, 2.45) is 0 Å². The van der Waals surface area contributed by atoms with E-state index in [0.717, 1.165) is 6.42 Å². The Morgan fingerprint density at radius 2 is 2.19 bits per heavy atom. The van der Waals surface area contributed by atoms with Crippen LogP contribution in [0.5, 0.6) is 0 Å². The predicted molar refractivity (Wildman–Crippen MR) is 77.2 cm³/mol. The quantitative estimate of drug-likeness (QED) is 0.445. The lowest BCUT2D eigenvalue weighted by Crippen LogP contribution is -2.33. The summed E-state index contributed by atoms with van der Waals surface area (Å²) in [5.74, 6) is -0.216. The lowest BCUT2D eigenvalue weighted by molar-refractivity contribution is -0.386. The molecule has 1 N–H and O–H groups in total. The minimum Gasteiger partial charge on any atom is -0.382 e. The van der Waals surface area contributed by atoms with Gasteiger partial charge in [-0.2, -0.15) is 5.10 Å². The van der Waals surface area contributed by atoms with Crippen LogP contribution in [-0.4, -0.2) is 40.4 Å². The molecule has 0 aliphatic heterocycles. The predicted octanol–water partition coefficient (Wildman–Crippen LogP) is 1.51. The van der Waals surface area contributed by atoms with Crippen molar-refractivity contribution in [3.05, 3.63) is 21.5 Å². The van der Waals surface area contributed by atoms with Crippen molar-refractivity contribution < 1.29 is 14.5 Å². The van der Waals surface area contributed by atoms with Gasteiger partial charge in [0.15, 0.2) is 0 Å². The lowest BCUT2D eigenvalue weighted by atomic mass is 10.2. The molecule has 0 saturated carbocycles. The van der Waals surface area contributed by atoms with Gasteiger partial charge < -0.3 is 10.1 Å². The first kappa shape index (κ1) is 17.1. The fraction of sp³-hybridized carbons (Fsp3) is 0.692. The van der Waals surface area contributed by atoms with Gasteiger partial charge in [-0.15, -0.1) is 0 Å². The van der Waals surface area contributed by atoms with Gasteiger partial charge in [0.2, 0.25) is 5.91 Å². The van der Waals surface area contributed by atoms with Crippen LogP contribution in [0.15, 0.2) is 0 Å². The van der Waals surface area contributed by atoms with E-state index in [1.165, 1.54) is 4.68 Å². The van der Waals surface area contributed by atoms with Crippen molar-refractivity contribution in [1.82, 2.24) is 15.1 Å². The maximum atomic E-state index is 12.0. The number of aromatic nitrogens is 2. The molecule has 1 amide bonds. The van der Waals surface area contributed by atoms with Gasteiger partial charge in [-0.25, -0.2) is 0 Å². The number of carbonyl (C=O) groups excluding carboxylic acids is 1. The zero-order valence-corrected chi connectivity index (χ0v) is 12.9. The van der Waals surface area contributed by atoms with Crippen LogP contribution in [0, 0.1) is 24.0 Å². The summed E-state index contributed by atoms with van der Waals surface area (Å²) in [5, 5.41) is 17.8. The van der Waals surface area contributed by atoms with Crippen LogP contribution in [0.2, 0.25) is 0 Å². The summed E-state index contributed by atoms with van der Waals surface area (Å²) in [7, 11) is 0. The fourth-order valence-electron chi connectivity index (χ4n) is 2.08. The van der Waals surface area contributed by atoms with Crippen LogP contribution in [-0.2, 0) is 9.53 Å². The molecule has 0 spiro atoms. The third-order valence-corrected chi connectivity index (χ3v) is 3.18. The van der Waals surface area contributed by atoms with Crippen LogP contribution in [0.3, 0.4) is 0 Å². The summed E-state index contributed by atoms with van der Waals surface area (Å²) < 4.78 is 6.58. The molecule has 118 valence electrons. The molecule has 1 heterocycles. The molecule has 1 aromatic rings. The highest BCUT2D eigenvalue weighted by Gasteiger charge is 2.26. The first-order valence-electron chi connectivity index (χ1n) is 6.95. The fourth-order valence-corrected chi connectivity index (χ4v) is 2.08. The summed E-state index contributed by atoms with van der Waals surface area (Å²) >= 11 is 0. The van der Waals surface area contributed by atoms with E-state index in [1.54, 1.807) is 20.8 Å². The number of ether oxygens (including phenoxy) is 1. The van der Waals surface area contributed by atoms with Gasteiger partial charge in [0, 0.05) is 19.8 Å². The van der Waals surface area contributed by atoms with Crippen LogP contribution in [0.1, 0.15) is 37.7 Å². The van der Waals surface area contributed by atoms with Gasteiger partial charge >= 0.3 is 5.69 Å². The van der Waals surface area contributed by atoms with Gasteiger partial charge in [-0.3, -0.25) is 19.6 Å². The van der Waals surface area contributed by atoms with Crippen LogP contribution < -0.4 is 5.32 Å². The van der Waals surface area contributed by atoms with Crippen molar-refractivity contribution >= 4 is 11.6 Å². The molecule has 1 atom stereocenters. The molecule has 8 nitrogen and oxygen atoms in total. The monoisotopic (exact) mass is 298 g/mol. The summed E-state index contributed by atoms with van der Waals surface area (Å²) in [4.78, 5) is 22.5. The van der Waals surface area contributed by atoms with E-state index in [9.17, 15) is 14.9 Å². The Kier molecular flexibility index (Phi) is 6.29. The molecule has 1 rings (SSSR count). The van der Waals surface area contributed by atoms with Crippen molar-refractivity contribution in [3.63, 3.8) is 0 Å². The minimum absolute atomic E-state index is 0.0361. The van der Waals surface area contributed by atoms with E-state index in [2.05, 4.69) is 10.4 Å². The molecule has 1 aromatic heterocycles. The molecular weight excluding hydrogens is 276 g/mol. The third-order valence-electron chi connectivity index (χ3n) is 3.18. The zero-order chi connectivity index (χ0) is 16.0. The molecule has 0 radical (unpaired) electrons. The highest BCUT2D eigenvalue weighted by molar-refractivity contribution is 5.80. The largest absolute Gasteiger partial charge is 0.382 e. The van der Waals surface area contributed by atoms with E-state index in [4.69, 9.17) is 4.74 Å². The van der Waals surface area contributed by atoms with Crippen LogP contribution in [0.25, 0.3) is 0 Å². The van der Waals surface area contributed by atoms with Gasteiger partial charge in [-0.05, 0) is 34.1 Å². The van der Waals surface area contributed by atoms with Crippen molar-refractivity contribution in [2.45, 2.75) is 40.2 Å². The Morgan fingerprint density at radius 1 is 1.52 bits per heavy atom. The van der Waals surface area contributed by atoms with E-state index in [1.807, 2.05) is 6.92 Å². The van der Waals surface area contributed by atoms with Gasteiger partial charge in [0.1, 0.15) is 17.4 Å². The van der Waals surface area contributed by atoms with Crippen molar-refractivity contribution in [3.8, 4) is 0 Å². The zero-order valence-electron chi connectivity index (χ0n) is 12.9. The average molecular weight is 298 g/mol. The van der Waals surface area contributed by atoms with E-state index < -0.39 is 11.0 Å². The maximum absolute atomic E-state index is 12.0.